The number of carboxylic acid groups (broad SMARTS) is 1. The van der Waals surface area contributed by atoms with Crippen molar-refractivity contribution in [1.29, 1.82) is 0 Å². The summed E-state index contributed by atoms with van der Waals surface area (Å²) in [6.07, 6.45) is 0.739. The van der Waals surface area contributed by atoms with Crippen LogP contribution in [0.1, 0.15) is 16.8 Å². The fourth-order valence-corrected chi connectivity index (χ4v) is 4.84. The smallest absolute Gasteiger partial charge is 0.335 e. The van der Waals surface area contributed by atoms with Gasteiger partial charge in [-0.15, -0.1) is 0 Å². The van der Waals surface area contributed by atoms with Crippen LogP contribution in [0, 0.1) is 5.92 Å². The minimum atomic E-state index is -3.71. The number of rotatable bonds is 5. The van der Waals surface area contributed by atoms with Gasteiger partial charge in [0, 0.05) is 24.7 Å². The van der Waals surface area contributed by atoms with Gasteiger partial charge in [0.1, 0.15) is 0 Å². The number of benzene rings is 1. The number of methoxy groups -OCH3 is 1. The largest absolute Gasteiger partial charge is 0.478 e. The first kappa shape index (κ1) is 16.4. The molecule has 0 radical (unpaired) electrons. The molecule has 1 aliphatic heterocycles. The average molecular weight is 378 g/mol. The molecular formula is C13H16BrNO5S. The molecule has 6 nitrogen and oxygen atoms in total. The molecule has 0 aliphatic carbocycles. The van der Waals surface area contributed by atoms with E-state index in [4.69, 9.17) is 9.84 Å². The molecule has 0 saturated carbocycles. The van der Waals surface area contributed by atoms with Gasteiger partial charge < -0.3 is 9.84 Å². The Labute approximate surface area is 131 Å². The van der Waals surface area contributed by atoms with Gasteiger partial charge in [-0.05, 0) is 46.5 Å². The van der Waals surface area contributed by atoms with Crippen molar-refractivity contribution >= 4 is 31.9 Å². The van der Waals surface area contributed by atoms with Crippen LogP contribution in [0.5, 0.6) is 0 Å². The molecule has 0 aromatic heterocycles. The number of halogens is 1. The van der Waals surface area contributed by atoms with Gasteiger partial charge in [-0.3, -0.25) is 0 Å². The second-order valence-electron chi connectivity index (χ2n) is 4.92. The van der Waals surface area contributed by atoms with Crippen LogP contribution in [0.15, 0.2) is 27.6 Å². The summed E-state index contributed by atoms with van der Waals surface area (Å²) in [5.41, 5.74) is -0.0515. The van der Waals surface area contributed by atoms with Gasteiger partial charge in [0.05, 0.1) is 17.1 Å². The maximum Gasteiger partial charge on any atom is 0.335 e. The molecule has 1 aromatic carbocycles. The third kappa shape index (κ3) is 3.45. The van der Waals surface area contributed by atoms with Crippen LogP contribution in [0.3, 0.4) is 0 Å². The summed E-state index contributed by atoms with van der Waals surface area (Å²) in [6, 6.07) is 3.99. The predicted molar refractivity (Wildman–Crippen MR) is 79.8 cm³/mol. The third-order valence-corrected chi connectivity index (χ3v) is 6.31. The van der Waals surface area contributed by atoms with Crippen LogP contribution >= 0.6 is 15.9 Å². The molecule has 2 rings (SSSR count). The number of carbonyl (C=O) groups is 1. The van der Waals surface area contributed by atoms with E-state index >= 15 is 0 Å². The lowest BCUT2D eigenvalue weighted by atomic mass is 10.1. The second-order valence-corrected chi connectivity index (χ2v) is 7.68. The lowest BCUT2D eigenvalue weighted by Crippen LogP contribution is -2.29. The summed E-state index contributed by atoms with van der Waals surface area (Å²) in [4.78, 5) is 11.0. The fraction of sp³-hybridized carbons (Fsp3) is 0.462. The first-order valence-electron chi connectivity index (χ1n) is 6.38. The topological polar surface area (TPSA) is 83.9 Å². The second kappa shape index (κ2) is 6.43. The minimum Gasteiger partial charge on any atom is -0.478 e. The Bertz CT molecular complexity index is 646. The van der Waals surface area contributed by atoms with Crippen LogP contribution in [-0.2, 0) is 14.8 Å². The number of carboxylic acids is 1. The van der Waals surface area contributed by atoms with Crippen molar-refractivity contribution in [3.8, 4) is 0 Å². The Morgan fingerprint density at radius 2 is 2.24 bits per heavy atom. The van der Waals surface area contributed by atoms with Gasteiger partial charge in [-0.2, -0.15) is 4.31 Å². The Morgan fingerprint density at radius 3 is 2.86 bits per heavy atom. The standard InChI is InChI=1S/C13H16BrNO5S/c1-20-8-9-4-5-15(7-9)21(18,19)12-6-10(13(16)17)2-3-11(12)14/h2-3,6,9H,4-5,7-8H2,1H3,(H,16,17). The van der Waals surface area contributed by atoms with E-state index in [1.165, 1.54) is 22.5 Å². The highest BCUT2D eigenvalue weighted by Crippen LogP contribution is 2.30. The third-order valence-electron chi connectivity index (χ3n) is 3.45. The van der Waals surface area contributed by atoms with E-state index in [1.54, 1.807) is 7.11 Å². The summed E-state index contributed by atoms with van der Waals surface area (Å²) < 4.78 is 32.1. The van der Waals surface area contributed by atoms with E-state index in [0.29, 0.717) is 24.2 Å². The highest BCUT2D eigenvalue weighted by atomic mass is 79.9. The van der Waals surface area contributed by atoms with Crippen molar-refractivity contribution in [2.45, 2.75) is 11.3 Å². The first-order valence-corrected chi connectivity index (χ1v) is 8.61. The van der Waals surface area contributed by atoms with E-state index in [2.05, 4.69) is 15.9 Å². The van der Waals surface area contributed by atoms with Crippen molar-refractivity contribution in [2.75, 3.05) is 26.8 Å². The van der Waals surface area contributed by atoms with Gasteiger partial charge in [-0.25, -0.2) is 13.2 Å². The summed E-state index contributed by atoms with van der Waals surface area (Å²) >= 11 is 3.18. The van der Waals surface area contributed by atoms with Gasteiger partial charge in [0.15, 0.2) is 0 Å². The number of hydrogen-bond donors (Lipinski definition) is 1. The summed E-state index contributed by atoms with van der Waals surface area (Å²) in [6.45, 7) is 1.32. The Hall–Kier alpha value is -0.960. The molecule has 1 atom stereocenters. The summed E-state index contributed by atoms with van der Waals surface area (Å²) in [5.74, 6) is -0.983. The van der Waals surface area contributed by atoms with Gasteiger partial charge in [-0.1, -0.05) is 0 Å². The number of aromatic carboxylic acids is 1. The summed E-state index contributed by atoms with van der Waals surface area (Å²) in [5, 5.41) is 9.00. The zero-order valence-corrected chi connectivity index (χ0v) is 13.9. The molecule has 116 valence electrons. The van der Waals surface area contributed by atoms with E-state index in [-0.39, 0.29) is 16.4 Å². The maximum absolute atomic E-state index is 12.6. The highest BCUT2D eigenvalue weighted by Gasteiger charge is 2.34. The molecule has 1 aromatic rings. The van der Waals surface area contributed by atoms with Crippen LogP contribution in [-0.4, -0.2) is 50.6 Å². The zero-order valence-electron chi connectivity index (χ0n) is 11.5. The molecule has 21 heavy (non-hydrogen) atoms. The first-order chi connectivity index (χ1) is 9.86. The molecule has 1 N–H and O–H groups in total. The quantitative estimate of drug-likeness (QED) is 0.845. The highest BCUT2D eigenvalue weighted by molar-refractivity contribution is 9.10. The fourth-order valence-electron chi connectivity index (χ4n) is 2.36. The molecule has 1 saturated heterocycles. The molecule has 0 bridgehead atoms. The minimum absolute atomic E-state index is 0.0135. The van der Waals surface area contributed by atoms with E-state index in [9.17, 15) is 13.2 Å². The Morgan fingerprint density at radius 1 is 1.52 bits per heavy atom. The maximum atomic E-state index is 12.6. The Balaban J connectivity index is 2.32. The van der Waals surface area contributed by atoms with E-state index < -0.39 is 16.0 Å². The van der Waals surface area contributed by atoms with Crippen LogP contribution in [0.4, 0.5) is 0 Å². The number of hydrogen-bond acceptors (Lipinski definition) is 4. The van der Waals surface area contributed by atoms with Crippen molar-refractivity contribution in [3.63, 3.8) is 0 Å². The van der Waals surface area contributed by atoms with Gasteiger partial charge in [0.25, 0.3) is 0 Å². The molecule has 1 unspecified atom stereocenters. The molecule has 0 spiro atoms. The number of nitrogens with zero attached hydrogens (tertiary/aromatic N) is 1. The zero-order chi connectivity index (χ0) is 15.6. The van der Waals surface area contributed by atoms with Crippen molar-refractivity contribution in [2.24, 2.45) is 5.92 Å². The monoisotopic (exact) mass is 377 g/mol. The SMILES string of the molecule is COCC1CCN(S(=O)(=O)c2cc(C(=O)O)ccc2Br)C1. The number of ether oxygens (including phenoxy) is 1. The lowest BCUT2D eigenvalue weighted by molar-refractivity contribution is 0.0696. The van der Waals surface area contributed by atoms with Crippen LogP contribution in [0.2, 0.25) is 0 Å². The van der Waals surface area contributed by atoms with Gasteiger partial charge in [0.2, 0.25) is 10.0 Å². The van der Waals surface area contributed by atoms with Crippen LogP contribution in [0.25, 0.3) is 0 Å². The molecular weight excluding hydrogens is 362 g/mol. The van der Waals surface area contributed by atoms with Crippen molar-refractivity contribution in [3.05, 3.63) is 28.2 Å². The molecule has 8 heteroatoms. The molecule has 1 aliphatic rings. The predicted octanol–water partition coefficient (Wildman–Crippen LogP) is 1.80. The molecule has 0 amide bonds. The lowest BCUT2D eigenvalue weighted by Gasteiger charge is -2.18. The number of sulfonamides is 1. The summed E-state index contributed by atoms with van der Waals surface area (Å²) in [7, 11) is -2.12. The van der Waals surface area contributed by atoms with Crippen LogP contribution < -0.4 is 0 Å². The van der Waals surface area contributed by atoms with E-state index in [1.807, 2.05) is 0 Å². The van der Waals surface area contributed by atoms with E-state index in [0.717, 1.165) is 6.42 Å². The Kier molecular flexibility index (Phi) is 5.03. The van der Waals surface area contributed by atoms with Crippen molar-refractivity contribution < 1.29 is 23.1 Å². The molecule has 1 fully saturated rings. The normalized spacial score (nSPS) is 19.8. The molecule has 1 heterocycles. The van der Waals surface area contributed by atoms with Crippen molar-refractivity contribution in [1.82, 2.24) is 4.31 Å². The van der Waals surface area contributed by atoms with Gasteiger partial charge >= 0.3 is 5.97 Å². The average Bonchev–Trinajstić information content (AvgIpc) is 2.88.